The van der Waals surface area contributed by atoms with Gasteiger partial charge in [-0.3, -0.25) is 4.79 Å². The van der Waals surface area contributed by atoms with Gasteiger partial charge in [-0.15, -0.1) is 0 Å². The van der Waals surface area contributed by atoms with Gasteiger partial charge in [0.1, 0.15) is 5.75 Å². The van der Waals surface area contributed by atoms with Crippen LogP contribution in [-0.4, -0.2) is 55.8 Å². The molecule has 1 fully saturated rings. The third-order valence-electron chi connectivity index (χ3n) is 5.16. The van der Waals surface area contributed by atoms with Crippen molar-refractivity contribution in [3.63, 3.8) is 0 Å². The molecule has 1 saturated heterocycles. The summed E-state index contributed by atoms with van der Waals surface area (Å²) in [7, 11) is -3.57. The van der Waals surface area contributed by atoms with Gasteiger partial charge >= 0.3 is 0 Å². The molecular weight excluding hydrogens is 388 g/mol. The van der Waals surface area contributed by atoms with Crippen molar-refractivity contribution < 1.29 is 17.9 Å². The van der Waals surface area contributed by atoms with Crippen molar-refractivity contribution in [2.45, 2.75) is 38.7 Å². The second kappa shape index (κ2) is 8.55. The first-order chi connectivity index (χ1) is 13.7. The van der Waals surface area contributed by atoms with Gasteiger partial charge in [0, 0.05) is 26.2 Å². The van der Waals surface area contributed by atoms with Gasteiger partial charge in [-0.2, -0.15) is 4.31 Å². The zero-order valence-electron chi connectivity index (χ0n) is 17.4. The lowest BCUT2D eigenvalue weighted by Crippen LogP contribution is -2.53. The van der Waals surface area contributed by atoms with Gasteiger partial charge in [-0.1, -0.05) is 24.3 Å². The zero-order valence-corrected chi connectivity index (χ0v) is 18.2. The van der Waals surface area contributed by atoms with E-state index in [1.54, 1.807) is 24.8 Å². The quantitative estimate of drug-likeness (QED) is 0.752. The number of ether oxygens (including phenoxy) is 1. The monoisotopic (exact) mass is 416 g/mol. The molecule has 29 heavy (non-hydrogen) atoms. The van der Waals surface area contributed by atoms with Crippen LogP contribution < -0.4 is 4.74 Å². The molecule has 6 nitrogen and oxygen atoms in total. The standard InChI is InChI=1S/C22H28N2O4S/c1-16-6-5-7-20(14-16)28-19(4)22(25)23-10-12-24(13-11-23)29(26,27)21-15-17(2)8-9-18(21)3/h5-9,14-15,19H,10-13H2,1-4H3/t19-/m0/s1. The summed E-state index contributed by atoms with van der Waals surface area (Å²) in [6, 6.07) is 13.0. The topological polar surface area (TPSA) is 66.9 Å². The van der Waals surface area contributed by atoms with Crippen LogP contribution in [0, 0.1) is 20.8 Å². The minimum atomic E-state index is -3.57. The summed E-state index contributed by atoms with van der Waals surface area (Å²) >= 11 is 0. The summed E-state index contributed by atoms with van der Waals surface area (Å²) in [5, 5.41) is 0. The maximum atomic E-state index is 13.0. The van der Waals surface area contributed by atoms with Crippen LogP contribution in [0.25, 0.3) is 0 Å². The highest BCUT2D eigenvalue weighted by atomic mass is 32.2. The normalized spacial score (nSPS) is 16.5. The van der Waals surface area contributed by atoms with E-state index in [-0.39, 0.29) is 19.0 Å². The highest BCUT2D eigenvalue weighted by Gasteiger charge is 2.32. The Morgan fingerprint density at radius 1 is 0.966 bits per heavy atom. The first kappa shape index (κ1) is 21.3. The molecule has 156 valence electrons. The minimum Gasteiger partial charge on any atom is -0.481 e. The summed E-state index contributed by atoms with van der Waals surface area (Å²) in [5.41, 5.74) is 2.70. The first-order valence-electron chi connectivity index (χ1n) is 9.78. The fourth-order valence-electron chi connectivity index (χ4n) is 3.47. The number of piperazine rings is 1. The van der Waals surface area contributed by atoms with Crippen LogP contribution in [0.5, 0.6) is 5.75 Å². The SMILES string of the molecule is Cc1cccc(O[C@@H](C)C(=O)N2CCN(S(=O)(=O)c3cc(C)ccc3C)CC2)c1. The summed E-state index contributed by atoms with van der Waals surface area (Å²) in [6.45, 7) is 8.63. The van der Waals surface area contributed by atoms with Crippen LogP contribution in [0.1, 0.15) is 23.6 Å². The average Bonchev–Trinajstić information content (AvgIpc) is 2.69. The summed E-state index contributed by atoms with van der Waals surface area (Å²) in [5.74, 6) is 0.525. The summed E-state index contributed by atoms with van der Waals surface area (Å²) in [4.78, 5) is 14.8. The molecule has 2 aromatic carbocycles. The van der Waals surface area contributed by atoms with Crippen LogP contribution in [0.4, 0.5) is 0 Å². The van der Waals surface area contributed by atoms with Crippen LogP contribution in [0.15, 0.2) is 47.4 Å². The molecule has 0 aromatic heterocycles. The summed E-state index contributed by atoms with van der Waals surface area (Å²) in [6.07, 6.45) is -0.626. The molecule has 0 N–H and O–H groups in total. The molecule has 1 atom stereocenters. The Labute approximate surface area is 173 Å². The molecule has 1 amide bonds. The molecule has 0 radical (unpaired) electrons. The van der Waals surface area contributed by atoms with Crippen LogP contribution >= 0.6 is 0 Å². The Balaban J connectivity index is 1.63. The van der Waals surface area contributed by atoms with Crippen molar-refractivity contribution in [2.24, 2.45) is 0 Å². The molecule has 3 rings (SSSR count). The highest BCUT2D eigenvalue weighted by Crippen LogP contribution is 2.23. The Hall–Kier alpha value is -2.38. The Morgan fingerprint density at radius 3 is 2.28 bits per heavy atom. The van der Waals surface area contributed by atoms with Gasteiger partial charge in [0.2, 0.25) is 10.0 Å². The molecule has 0 bridgehead atoms. The fourth-order valence-corrected chi connectivity index (χ4v) is 5.21. The number of hydrogen-bond acceptors (Lipinski definition) is 4. The maximum Gasteiger partial charge on any atom is 0.263 e. The minimum absolute atomic E-state index is 0.129. The number of aryl methyl sites for hydroxylation is 3. The molecule has 1 aliphatic rings. The van der Waals surface area contributed by atoms with Gasteiger partial charge in [-0.25, -0.2) is 8.42 Å². The second-order valence-electron chi connectivity index (χ2n) is 7.57. The van der Waals surface area contributed by atoms with Crippen molar-refractivity contribution in [3.05, 3.63) is 59.2 Å². The lowest BCUT2D eigenvalue weighted by Gasteiger charge is -2.35. The van der Waals surface area contributed by atoms with E-state index in [0.29, 0.717) is 23.7 Å². The number of amides is 1. The van der Waals surface area contributed by atoms with Gasteiger partial charge in [0.15, 0.2) is 6.10 Å². The van der Waals surface area contributed by atoms with E-state index in [1.165, 1.54) is 4.31 Å². The van der Waals surface area contributed by atoms with E-state index >= 15 is 0 Å². The van der Waals surface area contributed by atoms with E-state index in [2.05, 4.69) is 0 Å². The molecule has 0 unspecified atom stereocenters. The Kier molecular flexibility index (Phi) is 6.29. The van der Waals surface area contributed by atoms with Gasteiger partial charge in [-0.05, 0) is 62.6 Å². The highest BCUT2D eigenvalue weighted by molar-refractivity contribution is 7.89. The van der Waals surface area contributed by atoms with Crippen LogP contribution in [0.3, 0.4) is 0 Å². The smallest absolute Gasteiger partial charge is 0.263 e. The number of sulfonamides is 1. The molecular formula is C22H28N2O4S. The van der Waals surface area contributed by atoms with Crippen LogP contribution in [0.2, 0.25) is 0 Å². The molecule has 0 aliphatic carbocycles. The third kappa shape index (κ3) is 4.79. The first-order valence-corrected chi connectivity index (χ1v) is 11.2. The van der Waals surface area contributed by atoms with Gasteiger partial charge in [0.05, 0.1) is 4.90 Å². The molecule has 0 saturated carbocycles. The zero-order chi connectivity index (χ0) is 21.2. The third-order valence-corrected chi connectivity index (χ3v) is 7.20. The van der Waals surface area contributed by atoms with E-state index in [0.717, 1.165) is 16.7 Å². The number of hydrogen-bond donors (Lipinski definition) is 0. The van der Waals surface area contributed by atoms with Gasteiger partial charge in [0.25, 0.3) is 5.91 Å². The van der Waals surface area contributed by atoms with E-state index < -0.39 is 16.1 Å². The second-order valence-corrected chi connectivity index (χ2v) is 9.48. The fraction of sp³-hybridized carbons (Fsp3) is 0.409. The lowest BCUT2D eigenvalue weighted by atomic mass is 10.2. The predicted octanol–water partition coefficient (Wildman–Crippen LogP) is 2.91. The van der Waals surface area contributed by atoms with Crippen molar-refractivity contribution in [1.82, 2.24) is 9.21 Å². The number of nitrogens with zero attached hydrogens (tertiary/aromatic N) is 2. The number of benzene rings is 2. The van der Waals surface area contributed by atoms with E-state index in [1.807, 2.05) is 50.2 Å². The lowest BCUT2D eigenvalue weighted by molar-refractivity contribution is -0.139. The van der Waals surface area contributed by atoms with Crippen molar-refractivity contribution >= 4 is 15.9 Å². The van der Waals surface area contributed by atoms with Crippen LogP contribution in [-0.2, 0) is 14.8 Å². The van der Waals surface area contributed by atoms with Gasteiger partial charge < -0.3 is 9.64 Å². The van der Waals surface area contributed by atoms with E-state index in [4.69, 9.17) is 4.74 Å². The maximum absolute atomic E-state index is 13.0. The molecule has 2 aromatic rings. The number of carbonyl (C=O) groups excluding carboxylic acids is 1. The molecule has 1 heterocycles. The van der Waals surface area contributed by atoms with Crippen molar-refractivity contribution in [3.8, 4) is 5.75 Å². The van der Waals surface area contributed by atoms with Crippen molar-refractivity contribution in [2.75, 3.05) is 26.2 Å². The molecule has 1 aliphatic heterocycles. The summed E-state index contributed by atoms with van der Waals surface area (Å²) < 4.78 is 33.3. The van der Waals surface area contributed by atoms with E-state index in [9.17, 15) is 13.2 Å². The molecule has 7 heteroatoms. The van der Waals surface area contributed by atoms with Crippen molar-refractivity contribution in [1.29, 1.82) is 0 Å². The molecule has 0 spiro atoms. The largest absolute Gasteiger partial charge is 0.481 e. The Bertz CT molecular complexity index is 996. The number of carbonyl (C=O) groups is 1. The Morgan fingerprint density at radius 2 is 1.62 bits per heavy atom. The number of rotatable bonds is 5. The predicted molar refractivity (Wildman–Crippen MR) is 113 cm³/mol. The average molecular weight is 417 g/mol.